The molecular weight excluding hydrogens is 390 g/mol. The van der Waals surface area contributed by atoms with E-state index < -0.39 is 5.60 Å². The molecule has 31 heavy (non-hydrogen) atoms. The van der Waals surface area contributed by atoms with Crippen LogP contribution in [0.3, 0.4) is 0 Å². The maximum absolute atomic E-state index is 12.7. The Bertz CT molecular complexity index is 1030. The summed E-state index contributed by atoms with van der Waals surface area (Å²) in [6.07, 6.45) is 10.3. The average Bonchev–Trinajstić information content (AvgIpc) is 3.34. The van der Waals surface area contributed by atoms with Gasteiger partial charge < -0.3 is 9.64 Å². The number of carbonyl (C=O) groups is 1. The number of piperidine rings is 1. The largest absolute Gasteiger partial charge is 0.368 e. The van der Waals surface area contributed by atoms with E-state index in [4.69, 9.17) is 9.72 Å². The maximum atomic E-state index is 12.7. The number of benzene rings is 1. The molecule has 1 N–H and O–H groups in total. The van der Waals surface area contributed by atoms with Crippen molar-refractivity contribution in [3.05, 3.63) is 65.7 Å². The minimum atomic E-state index is -0.409. The molecule has 0 aliphatic carbocycles. The van der Waals surface area contributed by atoms with Crippen LogP contribution in [-0.2, 0) is 28.0 Å². The van der Waals surface area contributed by atoms with E-state index in [2.05, 4.69) is 15.2 Å². The number of aryl methyl sites for hydroxylation is 1. The number of carbonyl (C=O) groups excluding carboxylic acids is 1. The van der Waals surface area contributed by atoms with Crippen molar-refractivity contribution < 1.29 is 9.53 Å². The van der Waals surface area contributed by atoms with Gasteiger partial charge in [0.05, 0.1) is 18.5 Å². The van der Waals surface area contributed by atoms with E-state index in [-0.39, 0.29) is 5.91 Å². The Morgan fingerprint density at radius 3 is 2.77 bits per heavy atom. The number of ether oxygens (including phenoxy) is 1. The molecule has 2 aliphatic heterocycles. The van der Waals surface area contributed by atoms with Crippen molar-refractivity contribution in [2.24, 2.45) is 0 Å². The third kappa shape index (κ3) is 4.10. The fourth-order valence-electron chi connectivity index (χ4n) is 4.65. The van der Waals surface area contributed by atoms with Gasteiger partial charge in [-0.25, -0.2) is 9.97 Å². The molecule has 3 aromatic rings. The summed E-state index contributed by atoms with van der Waals surface area (Å²) in [6.45, 7) is 2.09. The fourth-order valence-corrected chi connectivity index (χ4v) is 4.65. The zero-order valence-corrected chi connectivity index (χ0v) is 17.6. The molecule has 160 valence electrons. The number of hydrogen-bond donors (Lipinski definition) is 1. The number of fused-ring (bicyclic) bond motifs is 2. The highest BCUT2D eigenvalue weighted by atomic mass is 16.5. The number of aromatic amines is 1. The Morgan fingerprint density at radius 1 is 1.16 bits per heavy atom. The third-order valence-corrected chi connectivity index (χ3v) is 6.41. The van der Waals surface area contributed by atoms with Crippen LogP contribution in [0.4, 0.5) is 0 Å². The van der Waals surface area contributed by atoms with Gasteiger partial charge in [-0.3, -0.25) is 9.89 Å². The minimum Gasteiger partial charge on any atom is -0.368 e. The topological polar surface area (TPSA) is 84.0 Å². The first-order valence-electron chi connectivity index (χ1n) is 11.0. The van der Waals surface area contributed by atoms with Gasteiger partial charge >= 0.3 is 0 Å². The smallest absolute Gasteiger partial charge is 0.222 e. The molecule has 0 bridgehead atoms. The van der Waals surface area contributed by atoms with Crippen molar-refractivity contribution in [3.63, 3.8) is 0 Å². The summed E-state index contributed by atoms with van der Waals surface area (Å²) in [6, 6.07) is 10.1. The van der Waals surface area contributed by atoms with Gasteiger partial charge in [-0.05, 0) is 43.2 Å². The highest BCUT2D eigenvalue weighted by Crippen LogP contribution is 2.41. The van der Waals surface area contributed by atoms with E-state index in [1.54, 1.807) is 0 Å². The van der Waals surface area contributed by atoms with E-state index in [0.717, 1.165) is 54.7 Å². The predicted octanol–water partition coefficient (Wildman–Crippen LogP) is 3.28. The van der Waals surface area contributed by atoms with Crippen LogP contribution in [0.15, 0.2) is 48.9 Å². The monoisotopic (exact) mass is 417 g/mol. The Kier molecular flexibility index (Phi) is 5.51. The zero-order chi connectivity index (χ0) is 21.1. The number of rotatable bonds is 5. The molecule has 1 amide bonds. The Hall–Kier alpha value is -3.06. The quantitative estimate of drug-likeness (QED) is 0.689. The number of aromatic nitrogens is 4. The number of H-pyrrole nitrogens is 1. The SMILES string of the molecule is O=C(CCCc1cn[nH]c1)N1CCC2(CC1)OCCc1cnc(-c3ccccc3)nc12. The third-order valence-electron chi connectivity index (χ3n) is 6.41. The van der Waals surface area contributed by atoms with E-state index in [0.29, 0.717) is 26.1 Å². The van der Waals surface area contributed by atoms with Gasteiger partial charge in [-0.15, -0.1) is 0 Å². The lowest BCUT2D eigenvalue weighted by atomic mass is 9.83. The molecular formula is C24H27N5O2. The van der Waals surface area contributed by atoms with Crippen molar-refractivity contribution in [1.29, 1.82) is 0 Å². The molecule has 5 rings (SSSR count). The molecule has 1 fully saturated rings. The van der Waals surface area contributed by atoms with Crippen LogP contribution in [0.5, 0.6) is 0 Å². The van der Waals surface area contributed by atoms with Crippen molar-refractivity contribution in [3.8, 4) is 11.4 Å². The van der Waals surface area contributed by atoms with Crippen LogP contribution in [0.25, 0.3) is 11.4 Å². The van der Waals surface area contributed by atoms with Crippen LogP contribution < -0.4 is 0 Å². The Balaban J connectivity index is 1.26. The molecule has 7 heteroatoms. The standard InChI is InChI=1S/C24H27N5O2/c30-21(8-4-5-18-15-26-27-16-18)29-12-10-24(11-13-29)22-20(9-14-31-24)17-25-23(28-22)19-6-2-1-3-7-19/h1-3,6-7,15-17H,4-5,8-14H2,(H,26,27). The van der Waals surface area contributed by atoms with Gasteiger partial charge in [0.25, 0.3) is 0 Å². The van der Waals surface area contributed by atoms with Crippen molar-refractivity contribution in [2.75, 3.05) is 19.7 Å². The lowest BCUT2D eigenvalue weighted by Crippen LogP contribution is -2.49. The van der Waals surface area contributed by atoms with Gasteiger partial charge in [0.1, 0.15) is 5.60 Å². The molecule has 2 aromatic heterocycles. The molecule has 1 aromatic carbocycles. The van der Waals surface area contributed by atoms with E-state index in [1.807, 2.05) is 53.8 Å². The highest BCUT2D eigenvalue weighted by molar-refractivity contribution is 5.76. The number of hydrogen-bond acceptors (Lipinski definition) is 5. The molecule has 0 unspecified atom stereocenters. The lowest BCUT2D eigenvalue weighted by Gasteiger charge is -2.44. The van der Waals surface area contributed by atoms with Crippen molar-refractivity contribution in [1.82, 2.24) is 25.1 Å². The summed E-state index contributed by atoms with van der Waals surface area (Å²) in [4.78, 5) is 24.3. The molecule has 7 nitrogen and oxygen atoms in total. The molecule has 4 heterocycles. The van der Waals surface area contributed by atoms with Gasteiger partial charge in [-0.1, -0.05) is 30.3 Å². The van der Waals surface area contributed by atoms with Gasteiger partial charge in [0.2, 0.25) is 5.91 Å². The Morgan fingerprint density at radius 2 is 2.00 bits per heavy atom. The summed E-state index contributed by atoms with van der Waals surface area (Å²) in [5, 5.41) is 6.77. The Labute approximate surface area is 181 Å². The van der Waals surface area contributed by atoms with Gasteiger partial charge in [0.15, 0.2) is 5.82 Å². The molecule has 2 aliphatic rings. The summed E-state index contributed by atoms with van der Waals surface area (Å²) in [5.41, 5.74) is 3.93. The highest BCUT2D eigenvalue weighted by Gasteiger charge is 2.43. The summed E-state index contributed by atoms with van der Waals surface area (Å²) >= 11 is 0. The second-order valence-corrected chi connectivity index (χ2v) is 8.37. The molecule has 0 atom stereocenters. The second kappa shape index (κ2) is 8.59. The van der Waals surface area contributed by atoms with E-state index >= 15 is 0 Å². The normalized spacial score (nSPS) is 17.5. The zero-order valence-electron chi connectivity index (χ0n) is 17.6. The summed E-state index contributed by atoms with van der Waals surface area (Å²) in [5.74, 6) is 0.962. The predicted molar refractivity (Wildman–Crippen MR) is 116 cm³/mol. The van der Waals surface area contributed by atoms with Crippen LogP contribution in [0.1, 0.15) is 42.5 Å². The first-order chi connectivity index (χ1) is 15.2. The maximum Gasteiger partial charge on any atom is 0.222 e. The van der Waals surface area contributed by atoms with Crippen LogP contribution >= 0.6 is 0 Å². The summed E-state index contributed by atoms with van der Waals surface area (Å²) in [7, 11) is 0. The average molecular weight is 418 g/mol. The van der Waals surface area contributed by atoms with Gasteiger partial charge in [0, 0.05) is 37.5 Å². The second-order valence-electron chi connectivity index (χ2n) is 8.37. The first kappa shape index (κ1) is 19.9. The molecule has 1 saturated heterocycles. The van der Waals surface area contributed by atoms with E-state index in [1.165, 1.54) is 5.56 Å². The van der Waals surface area contributed by atoms with Crippen LogP contribution in [0.2, 0.25) is 0 Å². The lowest BCUT2D eigenvalue weighted by molar-refractivity contribution is -0.141. The fraction of sp³-hybridized carbons (Fsp3) is 0.417. The van der Waals surface area contributed by atoms with Crippen molar-refractivity contribution in [2.45, 2.75) is 44.1 Å². The minimum absolute atomic E-state index is 0.224. The molecule has 0 saturated carbocycles. The van der Waals surface area contributed by atoms with Gasteiger partial charge in [-0.2, -0.15) is 5.10 Å². The molecule has 1 spiro atoms. The van der Waals surface area contributed by atoms with Crippen LogP contribution in [0, 0.1) is 0 Å². The molecule has 0 radical (unpaired) electrons. The summed E-state index contributed by atoms with van der Waals surface area (Å²) < 4.78 is 6.34. The number of nitrogens with one attached hydrogen (secondary N) is 1. The van der Waals surface area contributed by atoms with Crippen LogP contribution in [-0.4, -0.2) is 50.7 Å². The van der Waals surface area contributed by atoms with Crippen molar-refractivity contribution >= 4 is 5.91 Å². The number of likely N-dealkylation sites (tertiary alicyclic amines) is 1. The van der Waals surface area contributed by atoms with E-state index in [9.17, 15) is 4.79 Å². The number of nitrogens with zero attached hydrogens (tertiary/aromatic N) is 4. The first-order valence-corrected chi connectivity index (χ1v) is 11.0. The number of amides is 1.